The van der Waals surface area contributed by atoms with Gasteiger partial charge in [-0.2, -0.15) is 0 Å². The summed E-state index contributed by atoms with van der Waals surface area (Å²) in [5.41, 5.74) is 4.20. The van der Waals surface area contributed by atoms with Crippen molar-refractivity contribution in [2.45, 2.75) is 112 Å². The molecule has 0 aromatic rings. The van der Waals surface area contributed by atoms with Crippen LogP contribution in [0.25, 0.3) is 0 Å². The van der Waals surface area contributed by atoms with E-state index in [9.17, 15) is 5.11 Å². The van der Waals surface area contributed by atoms with Gasteiger partial charge in [0, 0.05) is 0 Å². The second-order valence-electron chi connectivity index (χ2n) is 12.4. The van der Waals surface area contributed by atoms with Crippen LogP contribution < -0.4 is 0 Å². The Kier molecular flexibility index (Phi) is 6.35. The van der Waals surface area contributed by atoms with Crippen molar-refractivity contribution in [3.05, 3.63) is 23.3 Å². The van der Waals surface area contributed by atoms with Crippen molar-refractivity contribution in [3.8, 4) is 0 Å². The van der Waals surface area contributed by atoms with Gasteiger partial charge < -0.3 is 5.11 Å². The monoisotopic (exact) mass is 412 g/mol. The van der Waals surface area contributed by atoms with E-state index in [2.05, 4.69) is 53.7 Å². The molecule has 4 rings (SSSR count). The summed E-state index contributed by atoms with van der Waals surface area (Å²) in [5.74, 6) is 5.07. The molecule has 0 radical (unpaired) electrons. The molecule has 4 aliphatic rings. The van der Waals surface area contributed by atoms with E-state index < -0.39 is 0 Å². The predicted molar refractivity (Wildman–Crippen MR) is 128 cm³/mol. The lowest BCUT2D eigenvalue weighted by Crippen LogP contribution is -2.50. The molecule has 0 aromatic heterocycles. The molecule has 1 nitrogen and oxygen atoms in total. The minimum atomic E-state index is -0.0869. The van der Waals surface area contributed by atoms with E-state index in [1.165, 1.54) is 51.4 Å². The number of aliphatic hydroxyl groups excluding tert-OH is 1. The van der Waals surface area contributed by atoms with E-state index >= 15 is 0 Å². The number of rotatable bonds is 5. The summed E-state index contributed by atoms with van der Waals surface area (Å²) in [6, 6.07) is 0. The predicted octanol–water partition coefficient (Wildman–Crippen LogP) is 7.94. The van der Waals surface area contributed by atoms with E-state index in [0.717, 1.165) is 48.3 Å². The highest BCUT2D eigenvalue weighted by Crippen LogP contribution is 2.67. The van der Waals surface area contributed by atoms with Gasteiger partial charge in [0.25, 0.3) is 0 Å². The van der Waals surface area contributed by atoms with Crippen molar-refractivity contribution in [2.24, 2.45) is 46.3 Å². The Balaban J connectivity index is 1.53. The molecule has 3 saturated carbocycles. The Morgan fingerprint density at radius 1 is 1.13 bits per heavy atom. The maximum atomic E-state index is 10.2. The molecular weight excluding hydrogens is 364 g/mol. The highest BCUT2D eigenvalue weighted by atomic mass is 16.3. The average molecular weight is 413 g/mol. The molecule has 3 fully saturated rings. The second-order valence-corrected chi connectivity index (χ2v) is 12.4. The third-order valence-electron chi connectivity index (χ3n) is 10.8. The van der Waals surface area contributed by atoms with E-state index in [1.54, 1.807) is 11.1 Å². The Morgan fingerprint density at radius 2 is 1.90 bits per heavy atom. The Labute approximate surface area is 186 Å². The van der Waals surface area contributed by atoms with Crippen molar-refractivity contribution in [1.29, 1.82) is 0 Å². The molecule has 4 aliphatic carbocycles. The summed E-state index contributed by atoms with van der Waals surface area (Å²) in [6.45, 7) is 14.8. The SMILES string of the molecule is CC[C@H](C/C=C(\C)[C@H]1CC[C@@H]2[C@H]3CC=C4C[C@@H](O)CC[C@]4(C)[C@H]3CC[C@]12C)C(C)C. The number of fused-ring (bicyclic) bond motifs is 5. The van der Waals surface area contributed by atoms with Crippen molar-refractivity contribution >= 4 is 0 Å². The highest BCUT2D eigenvalue weighted by Gasteiger charge is 2.58. The molecule has 170 valence electrons. The molecule has 0 amide bonds. The van der Waals surface area contributed by atoms with Crippen molar-refractivity contribution in [3.63, 3.8) is 0 Å². The summed E-state index contributed by atoms with van der Waals surface area (Å²) >= 11 is 0. The van der Waals surface area contributed by atoms with Gasteiger partial charge >= 0.3 is 0 Å². The smallest absolute Gasteiger partial charge is 0.0577 e. The molecule has 0 bridgehead atoms. The van der Waals surface area contributed by atoms with Crippen LogP contribution >= 0.6 is 0 Å². The van der Waals surface area contributed by atoms with Crippen LogP contribution in [0.5, 0.6) is 0 Å². The quantitative estimate of drug-likeness (QED) is 0.454. The molecule has 30 heavy (non-hydrogen) atoms. The fraction of sp³-hybridized carbons (Fsp3) is 0.862. The molecular formula is C29H48O. The molecule has 0 heterocycles. The zero-order valence-electron chi connectivity index (χ0n) is 20.7. The van der Waals surface area contributed by atoms with Crippen LogP contribution in [-0.2, 0) is 0 Å². The minimum Gasteiger partial charge on any atom is -0.393 e. The summed E-state index contributed by atoms with van der Waals surface area (Å²) < 4.78 is 0. The van der Waals surface area contributed by atoms with Gasteiger partial charge in [-0.15, -0.1) is 0 Å². The lowest BCUT2D eigenvalue weighted by atomic mass is 9.47. The van der Waals surface area contributed by atoms with Gasteiger partial charge in [0.1, 0.15) is 0 Å². The zero-order chi connectivity index (χ0) is 21.7. The number of hydrogen-bond acceptors (Lipinski definition) is 1. The molecule has 8 atom stereocenters. The third-order valence-corrected chi connectivity index (χ3v) is 10.8. The first-order chi connectivity index (χ1) is 14.2. The van der Waals surface area contributed by atoms with E-state index in [0.29, 0.717) is 10.8 Å². The van der Waals surface area contributed by atoms with Crippen LogP contribution in [0.1, 0.15) is 106 Å². The number of hydrogen-bond donors (Lipinski definition) is 1. The van der Waals surface area contributed by atoms with Crippen LogP contribution in [0.15, 0.2) is 23.3 Å². The molecule has 0 unspecified atom stereocenters. The van der Waals surface area contributed by atoms with Gasteiger partial charge in [0.2, 0.25) is 0 Å². The Bertz CT molecular complexity index is 686. The van der Waals surface area contributed by atoms with Crippen LogP contribution in [0.4, 0.5) is 0 Å². The van der Waals surface area contributed by atoms with E-state index in [4.69, 9.17) is 0 Å². The number of allylic oxidation sites excluding steroid dienone is 3. The average Bonchev–Trinajstić information content (AvgIpc) is 3.06. The van der Waals surface area contributed by atoms with E-state index in [1.807, 2.05) is 0 Å². The van der Waals surface area contributed by atoms with Crippen molar-refractivity contribution < 1.29 is 5.11 Å². The molecule has 0 spiro atoms. The lowest BCUT2D eigenvalue weighted by Gasteiger charge is -2.58. The molecule has 1 N–H and O–H groups in total. The van der Waals surface area contributed by atoms with Crippen LogP contribution in [0.3, 0.4) is 0 Å². The van der Waals surface area contributed by atoms with Crippen LogP contribution in [-0.4, -0.2) is 11.2 Å². The molecule has 1 heteroatoms. The number of aliphatic hydroxyl groups is 1. The lowest BCUT2D eigenvalue weighted by molar-refractivity contribution is -0.0454. The van der Waals surface area contributed by atoms with Crippen LogP contribution in [0.2, 0.25) is 0 Å². The molecule has 0 saturated heterocycles. The van der Waals surface area contributed by atoms with Gasteiger partial charge in [0.15, 0.2) is 0 Å². The van der Waals surface area contributed by atoms with Crippen LogP contribution in [0, 0.1) is 46.3 Å². The maximum absolute atomic E-state index is 10.2. The normalized spacial score (nSPS) is 44.9. The highest BCUT2D eigenvalue weighted by molar-refractivity contribution is 5.26. The largest absolute Gasteiger partial charge is 0.393 e. The van der Waals surface area contributed by atoms with Gasteiger partial charge in [-0.3, -0.25) is 0 Å². The maximum Gasteiger partial charge on any atom is 0.0577 e. The summed E-state index contributed by atoms with van der Waals surface area (Å²) in [7, 11) is 0. The Morgan fingerprint density at radius 3 is 2.60 bits per heavy atom. The second kappa shape index (κ2) is 8.42. The first-order valence-corrected chi connectivity index (χ1v) is 13.2. The standard InChI is InChI=1S/C29H48O/c1-7-21(19(2)3)9-8-20(4)25-12-13-26-24-11-10-22-18-23(30)14-16-28(22,5)27(24)15-17-29(25,26)6/h8,10,19,21,23-27,30H,7,9,11-18H2,1-6H3/b20-8+/t21-,23+,24-,25-,26-,27+,28+,29-/m1/s1. The van der Waals surface area contributed by atoms with Crippen molar-refractivity contribution in [1.82, 2.24) is 0 Å². The first-order valence-electron chi connectivity index (χ1n) is 13.2. The summed E-state index contributed by atoms with van der Waals surface area (Å²) in [6.07, 6.45) is 17.8. The zero-order valence-corrected chi connectivity index (χ0v) is 20.7. The van der Waals surface area contributed by atoms with Gasteiger partial charge in [-0.25, -0.2) is 0 Å². The fourth-order valence-corrected chi connectivity index (χ4v) is 8.78. The molecule has 0 aliphatic heterocycles. The fourth-order valence-electron chi connectivity index (χ4n) is 8.78. The first kappa shape index (κ1) is 22.6. The van der Waals surface area contributed by atoms with Gasteiger partial charge in [-0.05, 0) is 111 Å². The van der Waals surface area contributed by atoms with Gasteiger partial charge in [-0.1, -0.05) is 64.3 Å². The summed E-state index contributed by atoms with van der Waals surface area (Å²) in [4.78, 5) is 0. The minimum absolute atomic E-state index is 0.0869. The summed E-state index contributed by atoms with van der Waals surface area (Å²) in [5, 5.41) is 10.2. The van der Waals surface area contributed by atoms with E-state index in [-0.39, 0.29) is 6.10 Å². The molecule has 0 aromatic carbocycles. The Hall–Kier alpha value is -0.560. The van der Waals surface area contributed by atoms with Crippen molar-refractivity contribution in [2.75, 3.05) is 0 Å². The topological polar surface area (TPSA) is 20.2 Å². The van der Waals surface area contributed by atoms with Gasteiger partial charge in [0.05, 0.1) is 6.10 Å². The third kappa shape index (κ3) is 3.66.